The summed E-state index contributed by atoms with van der Waals surface area (Å²) >= 11 is 0. The summed E-state index contributed by atoms with van der Waals surface area (Å²) in [7, 11) is 1.80. The van der Waals surface area contributed by atoms with Gasteiger partial charge in [-0.2, -0.15) is 0 Å². The molecule has 2 aromatic carbocycles. The van der Waals surface area contributed by atoms with Gasteiger partial charge in [-0.3, -0.25) is 0 Å². The van der Waals surface area contributed by atoms with Crippen molar-refractivity contribution in [2.24, 2.45) is 0 Å². The highest BCUT2D eigenvalue weighted by molar-refractivity contribution is 7.39. The molecule has 0 amide bonds. The number of ether oxygens (including phenoxy) is 2. The van der Waals surface area contributed by atoms with Crippen molar-refractivity contribution in [1.82, 2.24) is 9.34 Å². The van der Waals surface area contributed by atoms with Crippen LogP contribution in [0.1, 0.15) is 36.8 Å². The zero-order valence-corrected chi connectivity index (χ0v) is 17.5. The molecule has 5 nitrogen and oxygen atoms in total. The smallest absolute Gasteiger partial charge is 0.497 e. The fourth-order valence-electron chi connectivity index (χ4n) is 4.38. The van der Waals surface area contributed by atoms with E-state index in [1.165, 1.54) is 24.0 Å². The quantitative estimate of drug-likeness (QED) is 0.640. The average Bonchev–Trinajstić information content (AvgIpc) is 3.01. The van der Waals surface area contributed by atoms with Crippen LogP contribution in [0.25, 0.3) is 0 Å². The van der Waals surface area contributed by atoms with E-state index in [1.54, 1.807) is 14.2 Å². The van der Waals surface area contributed by atoms with Crippen LogP contribution >= 0.6 is 8.10 Å². The lowest BCUT2D eigenvalue weighted by Crippen LogP contribution is -2.39. The Morgan fingerprint density at radius 1 is 0.786 bits per heavy atom. The Morgan fingerprint density at radius 2 is 1.18 bits per heavy atom. The molecule has 0 spiro atoms. The first kappa shape index (κ1) is 19.4. The van der Waals surface area contributed by atoms with Gasteiger partial charge in [0, 0.05) is 0 Å². The summed E-state index contributed by atoms with van der Waals surface area (Å²) < 4.78 is 28.4. The molecule has 2 fully saturated rings. The van der Waals surface area contributed by atoms with Crippen LogP contribution in [0.3, 0.4) is 0 Å². The molecule has 1 aliphatic carbocycles. The molecule has 1 saturated heterocycles. The van der Waals surface area contributed by atoms with E-state index in [-0.39, 0.29) is 0 Å². The summed E-state index contributed by atoms with van der Waals surface area (Å²) in [6.07, 6.45) is 4.70. The molecule has 0 bridgehead atoms. The van der Waals surface area contributed by atoms with Gasteiger partial charge >= 0.3 is 8.10 Å². The molecule has 2 aliphatic rings. The molecule has 148 valence electrons. The predicted octanol–water partition coefficient (Wildman–Crippen LogP) is 4.99. The van der Waals surface area contributed by atoms with Crippen molar-refractivity contribution in [3.8, 4) is 11.5 Å². The zero-order valence-electron chi connectivity index (χ0n) is 16.6. The zero-order chi connectivity index (χ0) is 19.5. The summed E-state index contributed by atoms with van der Waals surface area (Å²) in [5, 5.41) is 0. The van der Waals surface area contributed by atoms with Crippen LogP contribution in [0.15, 0.2) is 48.5 Å². The maximum absolute atomic E-state index is 13.5. The highest BCUT2D eigenvalue weighted by Crippen LogP contribution is 2.51. The number of methoxy groups -OCH3 is 2. The third kappa shape index (κ3) is 3.93. The van der Waals surface area contributed by atoms with E-state index in [0.29, 0.717) is 12.1 Å². The predicted molar refractivity (Wildman–Crippen MR) is 111 cm³/mol. The van der Waals surface area contributed by atoms with Crippen molar-refractivity contribution in [2.45, 2.75) is 50.9 Å². The lowest BCUT2D eigenvalue weighted by atomic mass is 9.90. The number of hydrogen-bond donors (Lipinski definition) is 0. The van der Waals surface area contributed by atoms with E-state index in [1.807, 2.05) is 24.3 Å². The molecule has 6 heteroatoms. The number of nitrogens with zero attached hydrogens (tertiary/aromatic N) is 2. The Kier molecular flexibility index (Phi) is 5.96. The van der Waals surface area contributed by atoms with Crippen LogP contribution in [0.5, 0.6) is 11.5 Å². The highest BCUT2D eigenvalue weighted by Gasteiger charge is 2.57. The van der Waals surface area contributed by atoms with Crippen LogP contribution in [0.2, 0.25) is 0 Å². The Hall–Kier alpha value is -1.94. The molecular weight excluding hydrogens is 371 g/mol. The van der Waals surface area contributed by atoms with Gasteiger partial charge in [0.05, 0.1) is 39.4 Å². The number of fused-ring (bicyclic) bond motifs is 1. The molecule has 0 aromatic heterocycles. The van der Waals surface area contributed by atoms with Crippen LogP contribution in [0, 0.1) is 0 Å². The van der Waals surface area contributed by atoms with E-state index < -0.39 is 8.10 Å². The van der Waals surface area contributed by atoms with Gasteiger partial charge < -0.3 is 9.47 Å². The molecule has 1 saturated carbocycles. The van der Waals surface area contributed by atoms with E-state index in [2.05, 4.69) is 33.6 Å². The van der Waals surface area contributed by atoms with Gasteiger partial charge in [-0.1, -0.05) is 46.4 Å². The van der Waals surface area contributed by atoms with Crippen LogP contribution in [-0.4, -0.2) is 35.6 Å². The Balaban J connectivity index is 1.52. The van der Waals surface area contributed by atoms with Gasteiger partial charge in [-0.25, -0.2) is 0 Å². The highest BCUT2D eigenvalue weighted by atomic mass is 31.1. The summed E-state index contributed by atoms with van der Waals surface area (Å²) in [6.45, 7) is 1.44. The molecule has 2 atom stereocenters. The van der Waals surface area contributed by atoms with Crippen LogP contribution in [-0.2, 0) is 17.7 Å². The Labute approximate surface area is 168 Å². The molecule has 28 heavy (non-hydrogen) atoms. The summed E-state index contributed by atoms with van der Waals surface area (Å²) in [5.41, 5.74) is 2.36. The van der Waals surface area contributed by atoms with Crippen LogP contribution in [0.4, 0.5) is 0 Å². The molecule has 0 unspecified atom stereocenters. The number of hydrogen-bond acceptors (Lipinski definition) is 3. The van der Waals surface area contributed by atoms with Gasteiger partial charge in [-0.15, -0.1) is 0 Å². The fraction of sp³-hybridized carbons (Fsp3) is 0.455. The first-order chi connectivity index (χ1) is 13.7. The monoisotopic (exact) mass is 399 g/mol. The van der Waals surface area contributed by atoms with Crippen molar-refractivity contribution >= 4 is 8.10 Å². The van der Waals surface area contributed by atoms with E-state index in [4.69, 9.17) is 9.47 Å². The fourth-order valence-corrected chi connectivity index (χ4v) is 6.29. The number of benzene rings is 2. The molecule has 4 rings (SSSR count). The van der Waals surface area contributed by atoms with E-state index in [9.17, 15) is 4.57 Å². The normalized spacial score (nSPS) is 22.9. The number of rotatable bonds is 6. The van der Waals surface area contributed by atoms with Crippen molar-refractivity contribution in [3.05, 3.63) is 59.7 Å². The Morgan fingerprint density at radius 3 is 1.54 bits per heavy atom. The van der Waals surface area contributed by atoms with E-state index >= 15 is 0 Å². The second-order valence-electron chi connectivity index (χ2n) is 7.56. The first-order valence-corrected chi connectivity index (χ1v) is 11.1. The molecule has 2 aromatic rings. The lowest BCUT2D eigenvalue weighted by molar-refractivity contribution is 0.197. The topological polar surface area (TPSA) is 42.0 Å². The second kappa shape index (κ2) is 8.60. The molecule has 0 radical (unpaired) electrons. The van der Waals surface area contributed by atoms with Gasteiger partial charge in [0.15, 0.2) is 0 Å². The lowest BCUT2D eigenvalue weighted by Gasteiger charge is -2.26. The molecular formula is C22H28N2O3P+. The van der Waals surface area contributed by atoms with E-state index in [0.717, 1.165) is 37.4 Å². The van der Waals surface area contributed by atoms with Gasteiger partial charge in [0.2, 0.25) is 0 Å². The van der Waals surface area contributed by atoms with Crippen molar-refractivity contribution in [3.63, 3.8) is 0 Å². The third-order valence-electron chi connectivity index (χ3n) is 5.91. The van der Waals surface area contributed by atoms with Gasteiger partial charge in [0.1, 0.15) is 11.5 Å². The minimum Gasteiger partial charge on any atom is -0.497 e. The maximum atomic E-state index is 13.5. The summed E-state index contributed by atoms with van der Waals surface area (Å²) in [5.74, 6) is 1.71. The maximum Gasteiger partial charge on any atom is 0.538 e. The minimum atomic E-state index is -1.56. The third-order valence-corrected chi connectivity index (χ3v) is 7.66. The van der Waals surface area contributed by atoms with Crippen LogP contribution < -0.4 is 9.47 Å². The van der Waals surface area contributed by atoms with Gasteiger partial charge in [0.25, 0.3) is 0 Å². The van der Waals surface area contributed by atoms with Crippen molar-refractivity contribution < 1.29 is 14.0 Å². The largest absolute Gasteiger partial charge is 0.538 e. The van der Waals surface area contributed by atoms with Gasteiger partial charge in [-0.05, 0) is 52.8 Å². The molecule has 1 aliphatic heterocycles. The van der Waals surface area contributed by atoms with Crippen molar-refractivity contribution in [2.75, 3.05) is 14.2 Å². The summed E-state index contributed by atoms with van der Waals surface area (Å²) in [4.78, 5) is 0. The second-order valence-corrected chi connectivity index (χ2v) is 9.10. The molecule has 0 N–H and O–H groups in total. The standard InChI is InChI=1S/C22H28N2O3P/c1-26-19-11-7-17(8-12-19)15-23-21-5-3-4-6-22(21)24(28(23)25)16-18-9-13-20(27-2)14-10-18/h7-14,21-22H,3-6,15-16H2,1-2H3/q+1/t21-,22-/m1/s1. The Bertz CT molecular complexity index is 742. The summed E-state index contributed by atoms with van der Waals surface area (Å²) in [6, 6.07) is 17.0. The minimum absolute atomic E-state index is 0.373. The first-order valence-electron chi connectivity index (χ1n) is 9.96. The SMILES string of the molecule is COc1ccc(CN2[C@@H]3CCCC[C@H]3N(Cc3ccc(OC)cc3)[P+]2=O)cc1. The molecule has 1 heterocycles. The van der Waals surface area contributed by atoms with Crippen molar-refractivity contribution in [1.29, 1.82) is 0 Å². The average molecular weight is 399 g/mol.